The Balaban J connectivity index is 2.39. The molecule has 2 rings (SSSR count). The lowest BCUT2D eigenvalue weighted by Crippen LogP contribution is -2.00. The topological polar surface area (TPSA) is 79.4 Å². The number of anilines is 2. The Labute approximate surface area is 98.9 Å². The van der Waals surface area contributed by atoms with E-state index in [1.807, 2.05) is 20.2 Å². The van der Waals surface area contributed by atoms with E-state index in [4.69, 9.17) is 5.26 Å². The van der Waals surface area contributed by atoms with Crippen LogP contribution in [0.25, 0.3) is 0 Å². The minimum atomic E-state index is 0.416. The predicted octanol–water partition coefficient (Wildman–Crippen LogP) is 1.44. The lowest BCUT2D eigenvalue weighted by Gasteiger charge is -2.05. The highest BCUT2D eigenvalue weighted by molar-refractivity contribution is 5.63. The summed E-state index contributed by atoms with van der Waals surface area (Å²) in [5, 5.41) is 16.3. The van der Waals surface area contributed by atoms with Crippen molar-refractivity contribution in [3.63, 3.8) is 0 Å². The Morgan fingerprint density at radius 1 is 1.41 bits per heavy atom. The van der Waals surface area contributed by atoms with Gasteiger partial charge in [-0.1, -0.05) is 0 Å². The van der Waals surface area contributed by atoms with E-state index < -0.39 is 0 Å². The van der Waals surface area contributed by atoms with Crippen molar-refractivity contribution in [2.45, 2.75) is 13.8 Å². The van der Waals surface area contributed by atoms with Crippen LogP contribution in [0.5, 0.6) is 0 Å². The van der Waals surface area contributed by atoms with Gasteiger partial charge in [0, 0.05) is 13.2 Å². The van der Waals surface area contributed by atoms with Crippen molar-refractivity contribution in [1.82, 2.24) is 19.7 Å². The molecule has 2 aromatic rings. The van der Waals surface area contributed by atoms with Crippen molar-refractivity contribution in [3.05, 3.63) is 29.5 Å². The molecule has 2 aromatic heterocycles. The number of nitrogens with one attached hydrogen (secondary N) is 1. The molecule has 0 bridgehead atoms. The first-order valence-electron chi connectivity index (χ1n) is 5.11. The Morgan fingerprint density at radius 3 is 2.76 bits per heavy atom. The lowest BCUT2D eigenvalue weighted by atomic mass is 10.3. The van der Waals surface area contributed by atoms with Crippen LogP contribution in [0.15, 0.2) is 12.4 Å². The second-order valence-electron chi connectivity index (χ2n) is 3.72. The summed E-state index contributed by atoms with van der Waals surface area (Å²) in [7, 11) is 1.84. The number of nitriles is 1. The number of hydrogen-bond donors (Lipinski definition) is 1. The Morgan fingerprint density at radius 2 is 2.18 bits per heavy atom. The zero-order chi connectivity index (χ0) is 12.4. The molecule has 0 fully saturated rings. The fourth-order valence-electron chi connectivity index (χ4n) is 1.50. The third-order valence-corrected chi connectivity index (χ3v) is 2.30. The molecule has 0 amide bonds. The molecular weight excluding hydrogens is 216 g/mol. The van der Waals surface area contributed by atoms with Crippen LogP contribution in [-0.4, -0.2) is 19.7 Å². The van der Waals surface area contributed by atoms with Gasteiger partial charge >= 0.3 is 0 Å². The van der Waals surface area contributed by atoms with Gasteiger partial charge in [-0.25, -0.2) is 9.97 Å². The molecule has 17 heavy (non-hydrogen) atoms. The van der Waals surface area contributed by atoms with E-state index in [9.17, 15) is 0 Å². The molecule has 0 spiro atoms. The molecule has 1 N–H and O–H groups in total. The second kappa shape index (κ2) is 4.22. The fraction of sp³-hybridized carbons (Fsp3) is 0.273. The van der Waals surface area contributed by atoms with E-state index in [0.717, 1.165) is 11.4 Å². The molecule has 0 saturated heterocycles. The van der Waals surface area contributed by atoms with Crippen molar-refractivity contribution < 1.29 is 0 Å². The van der Waals surface area contributed by atoms with E-state index in [1.54, 1.807) is 11.6 Å². The summed E-state index contributed by atoms with van der Waals surface area (Å²) in [6.07, 6.45) is 3.35. The van der Waals surface area contributed by atoms with Crippen LogP contribution >= 0.6 is 0 Å². The summed E-state index contributed by atoms with van der Waals surface area (Å²) < 4.78 is 1.71. The number of aromatic nitrogens is 4. The summed E-state index contributed by atoms with van der Waals surface area (Å²) in [5.41, 5.74) is 2.11. The summed E-state index contributed by atoms with van der Waals surface area (Å²) >= 11 is 0. The first-order valence-corrected chi connectivity index (χ1v) is 5.11. The molecule has 0 aromatic carbocycles. The number of aryl methyl sites for hydroxylation is 3. The van der Waals surface area contributed by atoms with Crippen molar-refractivity contribution in [3.8, 4) is 6.07 Å². The van der Waals surface area contributed by atoms with Crippen molar-refractivity contribution >= 4 is 11.5 Å². The van der Waals surface area contributed by atoms with Crippen LogP contribution in [-0.2, 0) is 7.05 Å². The molecular formula is C11H12N6. The van der Waals surface area contributed by atoms with Crippen LogP contribution in [0.4, 0.5) is 11.5 Å². The van der Waals surface area contributed by atoms with Gasteiger partial charge in [0.1, 0.15) is 17.5 Å². The first kappa shape index (κ1) is 11.1. The van der Waals surface area contributed by atoms with Crippen molar-refractivity contribution in [2.75, 3.05) is 5.32 Å². The smallest absolute Gasteiger partial charge is 0.152 e. The highest BCUT2D eigenvalue weighted by Crippen LogP contribution is 2.19. The van der Waals surface area contributed by atoms with E-state index >= 15 is 0 Å². The summed E-state index contributed by atoms with van der Waals surface area (Å²) in [6, 6.07) is 2.05. The molecule has 6 heteroatoms. The third kappa shape index (κ3) is 2.23. The van der Waals surface area contributed by atoms with E-state index in [2.05, 4.69) is 26.5 Å². The Hall–Kier alpha value is -2.42. The monoisotopic (exact) mass is 228 g/mol. The Bertz CT molecular complexity index is 592. The van der Waals surface area contributed by atoms with Gasteiger partial charge in [0.15, 0.2) is 5.82 Å². The lowest BCUT2D eigenvalue weighted by molar-refractivity contribution is 0.756. The van der Waals surface area contributed by atoms with Crippen LogP contribution in [0.2, 0.25) is 0 Å². The maximum atomic E-state index is 8.97. The summed E-state index contributed by atoms with van der Waals surface area (Å²) in [4.78, 5) is 8.19. The van der Waals surface area contributed by atoms with Gasteiger partial charge in [0.25, 0.3) is 0 Å². The molecule has 0 atom stereocenters. The number of nitrogens with zero attached hydrogens (tertiary/aromatic N) is 5. The average molecular weight is 228 g/mol. The molecule has 0 radical (unpaired) electrons. The van der Waals surface area contributed by atoms with Crippen LogP contribution in [0.1, 0.15) is 17.1 Å². The minimum Gasteiger partial charge on any atom is -0.336 e. The first-order chi connectivity index (χ1) is 8.10. The second-order valence-corrected chi connectivity index (χ2v) is 3.72. The normalized spacial score (nSPS) is 10.0. The van der Waals surface area contributed by atoms with Crippen molar-refractivity contribution in [2.24, 2.45) is 7.05 Å². The Kier molecular flexibility index (Phi) is 2.75. The maximum Gasteiger partial charge on any atom is 0.152 e. The predicted molar refractivity (Wildman–Crippen MR) is 62.7 cm³/mol. The van der Waals surface area contributed by atoms with Crippen LogP contribution in [0, 0.1) is 25.2 Å². The molecule has 0 aliphatic heterocycles. The minimum absolute atomic E-state index is 0.416. The SMILES string of the molecule is Cc1ncc(C#N)c(Nc2cn(C)nc2C)n1. The molecule has 86 valence electrons. The van der Waals surface area contributed by atoms with Crippen LogP contribution in [0.3, 0.4) is 0 Å². The highest BCUT2D eigenvalue weighted by atomic mass is 15.3. The number of hydrogen-bond acceptors (Lipinski definition) is 5. The molecule has 0 aliphatic rings. The molecule has 0 saturated carbocycles. The number of rotatable bonds is 2. The van der Waals surface area contributed by atoms with Gasteiger partial charge in [-0.15, -0.1) is 0 Å². The largest absolute Gasteiger partial charge is 0.336 e. The third-order valence-electron chi connectivity index (χ3n) is 2.30. The van der Waals surface area contributed by atoms with E-state index in [1.165, 1.54) is 6.20 Å². The molecule has 2 heterocycles. The molecule has 0 unspecified atom stereocenters. The molecule has 6 nitrogen and oxygen atoms in total. The van der Waals surface area contributed by atoms with Crippen LogP contribution < -0.4 is 5.32 Å². The quantitative estimate of drug-likeness (QED) is 0.841. The highest BCUT2D eigenvalue weighted by Gasteiger charge is 2.08. The zero-order valence-corrected chi connectivity index (χ0v) is 9.89. The molecule has 0 aliphatic carbocycles. The van der Waals surface area contributed by atoms with Gasteiger partial charge in [-0.05, 0) is 13.8 Å². The van der Waals surface area contributed by atoms with E-state index in [-0.39, 0.29) is 0 Å². The summed E-state index contributed by atoms with van der Waals surface area (Å²) in [5.74, 6) is 1.13. The summed E-state index contributed by atoms with van der Waals surface area (Å²) in [6.45, 7) is 3.67. The van der Waals surface area contributed by atoms with Crippen molar-refractivity contribution in [1.29, 1.82) is 5.26 Å². The standard InChI is InChI=1S/C11H12N6/c1-7-10(6-17(3)16-7)15-11-9(4-12)5-13-8(2)14-11/h5-6H,1-3H3,(H,13,14,15). The van der Waals surface area contributed by atoms with Gasteiger partial charge in [-0.3, -0.25) is 4.68 Å². The fourth-order valence-corrected chi connectivity index (χ4v) is 1.50. The maximum absolute atomic E-state index is 8.97. The van der Waals surface area contributed by atoms with Gasteiger partial charge in [-0.2, -0.15) is 10.4 Å². The van der Waals surface area contributed by atoms with E-state index in [0.29, 0.717) is 17.2 Å². The zero-order valence-electron chi connectivity index (χ0n) is 9.89. The van der Waals surface area contributed by atoms with Gasteiger partial charge < -0.3 is 5.32 Å². The average Bonchev–Trinajstić information content (AvgIpc) is 2.58. The van der Waals surface area contributed by atoms with Gasteiger partial charge in [0.05, 0.1) is 17.6 Å². The van der Waals surface area contributed by atoms with Gasteiger partial charge in [0.2, 0.25) is 0 Å².